The minimum Gasteiger partial charge on any atom is -0.462 e. The van der Waals surface area contributed by atoms with Crippen molar-refractivity contribution in [1.82, 2.24) is 19.9 Å². The van der Waals surface area contributed by atoms with E-state index in [4.69, 9.17) is 15.3 Å². The van der Waals surface area contributed by atoms with E-state index in [1.807, 2.05) is 23.9 Å². The number of ether oxygens (including phenoxy) is 2. The molecule has 2 rings (SSSR count). The largest absolute Gasteiger partial charge is 0.462 e. The summed E-state index contributed by atoms with van der Waals surface area (Å²) in [6, 6.07) is 0.274. The number of hydrogen-bond acceptors (Lipinski definition) is 9. The number of hydrazine groups is 1. The number of hydrogen-bond donors (Lipinski definition) is 2. The van der Waals surface area contributed by atoms with Crippen LogP contribution in [0.4, 0.5) is 11.9 Å². The summed E-state index contributed by atoms with van der Waals surface area (Å²) >= 11 is 0. The first-order chi connectivity index (χ1) is 9.69. The van der Waals surface area contributed by atoms with E-state index in [1.165, 1.54) is 0 Å². The summed E-state index contributed by atoms with van der Waals surface area (Å²) in [7, 11) is 3.95. The minimum absolute atomic E-state index is 0.274. The van der Waals surface area contributed by atoms with Crippen LogP contribution in [-0.4, -0.2) is 73.4 Å². The van der Waals surface area contributed by atoms with Gasteiger partial charge in [0.2, 0.25) is 11.9 Å². The molecule has 0 unspecified atom stereocenters. The maximum absolute atomic E-state index is 5.53. The highest BCUT2D eigenvalue weighted by atomic mass is 16.5. The average Bonchev–Trinajstić information content (AvgIpc) is 2.47. The molecule has 3 N–H and O–H groups in total. The van der Waals surface area contributed by atoms with E-state index in [9.17, 15) is 0 Å². The zero-order chi connectivity index (χ0) is 14.4. The van der Waals surface area contributed by atoms with Crippen molar-refractivity contribution in [3.63, 3.8) is 0 Å². The summed E-state index contributed by atoms with van der Waals surface area (Å²) in [5, 5.41) is 0. The Kier molecular flexibility index (Phi) is 5.27. The highest BCUT2D eigenvalue weighted by molar-refractivity contribution is 5.37. The molecule has 0 aliphatic carbocycles. The Balaban J connectivity index is 2.06. The number of nitrogens with two attached hydrogens (primary N) is 1. The summed E-state index contributed by atoms with van der Waals surface area (Å²) in [6.45, 7) is 4.09. The Morgan fingerprint density at radius 3 is 2.70 bits per heavy atom. The lowest BCUT2D eigenvalue weighted by Crippen LogP contribution is -2.37. The molecule has 20 heavy (non-hydrogen) atoms. The Labute approximate surface area is 118 Å². The zero-order valence-corrected chi connectivity index (χ0v) is 11.9. The van der Waals surface area contributed by atoms with Gasteiger partial charge in [0.15, 0.2) is 0 Å². The second-order valence-corrected chi connectivity index (χ2v) is 4.64. The zero-order valence-electron chi connectivity index (χ0n) is 11.9. The Bertz CT molecular complexity index is 423. The molecule has 1 fully saturated rings. The molecule has 0 radical (unpaired) electrons. The van der Waals surface area contributed by atoms with E-state index in [1.54, 1.807) is 0 Å². The van der Waals surface area contributed by atoms with Gasteiger partial charge in [-0.05, 0) is 14.1 Å². The fraction of sp³-hybridized carbons (Fsp3) is 0.727. The fourth-order valence-corrected chi connectivity index (χ4v) is 1.70. The Morgan fingerprint density at radius 1 is 1.30 bits per heavy atom. The number of aromatic nitrogens is 3. The monoisotopic (exact) mass is 283 g/mol. The molecule has 1 aromatic heterocycles. The molecule has 1 aliphatic rings. The first-order valence-corrected chi connectivity index (χ1v) is 6.52. The van der Waals surface area contributed by atoms with Crippen LogP contribution in [0.15, 0.2) is 0 Å². The van der Waals surface area contributed by atoms with Crippen LogP contribution in [0, 0.1) is 0 Å². The van der Waals surface area contributed by atoms with Crippen molar-refractivity contribution in [3.8, 4) is 6.01 Å². The molecule has 0 saturated carbocycles. The summed E-state index contributed by atoms with van der Waals surface area (Å²) in [5.41, 5.74) is 2.44. The number of morpholine rings is 1. The maximum Gasteiger partial charge on any atom is 0.323 e. The summed E-state index contributed by atoms with van der Waals surface area (Å²) < 4.78 is 10.8. The van der Waals surface area contributed by atoms with Crippen molar-refractivity contribution in [2.24, 2.45) is 5.84 Å². The van der Waals surface area contributed by atoms with Gasteiger partial charge in [0.1, 0.15) is 6.61 Å². The molecule has 1 aromatic rings. The van der Waals surface area contributed by atoms with Crippen LogP contribution in [0.2, 0.25) is 0 Å². The number of likely N-dealkylation sites (N-methyl/N-ethyl adjacent to an activating group) is 1. The molecule has 9 nitrogen and oxygen atoms in total. The topological polar surface area (TPSA) is 102 Å². The predicted octanol–water partition coefficient (Wildman–Crippen LogP) is -1.07. The van der Waals surface area contributed by atoms with Crippen molar-refractivity contribution >= 4 is 11.9 Å². The van der Waals surface area contributed by atoms with E-state index >= 15 is 0 Å². The fourth-order valence-electron chi connectivity index (χ4n) is 1.70. The van der Waals surface area contributed by atoms with Gasteiger partial charge in [0, 0.05) is 19.6 Å². The normalized spacial score (nSPS) is 15.5. The minimum atomic E-state index is 0.274. The van der Waals surface area contributed by atoms with Crippen LogP contribution in [0.25, 0.3) is 0 Å². The maximum atomic E-state index is 5.53. The van der Waals surface area contributed by atoms with Crippen LogP contribution >= 0.6 is 0 Å². The Morgan fingerprint density at radius 2 is 2.05 bits per heavy atom. The molecule has 0 aromatic carbocycles. The third-order valence-electron chi connectivity index (χ3n) is 2.80. The van der Waals surface area contributed by atoms with Crippen molar-refractivity contribution in [3.05, 3.63) is 0 Å². The lowest BCUT2D eigenvalue weighted by molar-refractivity contribution is 0.122. The van der Waals surface area contributed by atoms with Crippen molar-refractivity contribution in [1.29, 1.82) is 0 Å². The van der Waals surface area contributed by atoms with Crippen LogP contribution in [-0.2, 0) is 4.74 Å². The van der Waals surface area contributed by atoms with E-state index in [0.29, 0.717) is 31.7 Å². The third kappa shape index (κ3) is 4.15. The summed E-state index contributed by atoms with van der Waals surface area (Å²) in [6.07, 6.45) is 0. The van der Waals surface area contributed by atoms with Crippen molar-refractivity contribution in [2.75, 3.05) is 63.9 Å². The lowest BCUT2D eigenvalue weighted by atomic mass is 10.4. The molecule has 0 amide bonds. The molecule has 0 atom stereocenters. The van der Waals surface area contributed by atoms with Gasteiger partial charge < -0.3 is 19.3 Å². The average molecular weight is 283 g/mol. The standard InChI is InChI=1S/C11H21N7O2/c1-17(2)3-8-20-11-14-9(16-12)13-10(15-11)18-4-6-19-7-5-18/h3-8,12H2,1-2H3,(H,13,14,15,16). The highest BCUT2D eigenvalue weighted by Crippen LogP contribution is 2.15. The van der Waals surface area contributed by atoms with E-state index < -0.39 is 0 Å². The summed E-state index contributed by atoms with van der Waals surface area (Å²) in [4.78, 5) is 16.7. The van der Waals surface area contributed by atoms with Crippen LogP contribution in [0.5, 0.6) is 6.01 Å². The molecule has 1 aliphatic heterocycles. The SMILES string of the molecule is CN(C)CCOc1nc(NN)nc(N2CCOCC2)n1. The highest BCUT2D eigenvalue weighted by Gasteiger charge is 2.16. The van der Waals surface area contributed by atoms with Crippen LogP contribution in [0.3, 0.4) is 0 Å². The van der Waals surface area contributed by atoms with Gasteiger partial charge in [-0.25, -0.2) is 5.84 Å². The molecule has 9 heteroatoms. The second kappa shape index (κ2) is 7.17. The van der Waals surface area contributed by atoms with E-state index in [2.05, 4.69) is 20.4 Å². The predicted molar refractivity (Wildman–Crippen MR) is 74.7 cm³/mol. The molecular formula is C11H21N7O2. The number of rotatable bonds is 6. The first-order valence-electron chi connectivity index (χ1n) is 6.52. The van der Waals surface area contributed by atoms with Gasteiger partial charge in [-0.15, -0.1) is 0 Å². The van der Waals surface area contributed by atoms with E-state index in [-0.39, 0.29) is 6.01 Å². The molecule has 0 spiro atoms. The van der Waals surface area contributed by atoms with Gasteiger partial charge in [0.25, 0.3) is 0 Å². The number of anilines is 2. The van der Waals surface area contributed by atoms with Gasteiger partial charge in [-0.1, -0.05) is 0 Å². The van der Waals surface area contributed by atoms with Gasteiger partial charge in [-0.3, -0.25) is 5.43 Å². The number of nitrogen functional groups attached to an aromatic ring is 1. The second-order valence-electron chi connectivity index (χ2n) is 4.64. The van der Waals surface area contributed by atoms with E-state index in [0.717, 1.165) is 19.6 Å². The lowest BCUT2D eigenvalue weighted by Gasteiger charge is -2.26. The molecule has 0 bridgehead atoms. The van der Waals surface area contributed by atoms with Gasteiger partial charge in [-0.2, -0.15) is 15.0 Å². The van der Waals surface area contributed by atoms with Crippen molar-refractivity contribution < 1.29 is 9.47 Å². The smallest absolute Gasteiger partial charge is 0.323 e. The number of nitrogens with one attached hydrogen (secondary N) is 1. The molecular weight excluding hydrogens is 262 g/mol. The first kappa shape index (κ1) is 14.7. The molecule has 2 heterocycles. The summed E-state index contributed by atoms with van der Waals surface area (Å²) in [5.74, 6) is 6.23. The molecule has 112 valence electrons. The number of nitrogens with zero attached hydrogens (tertiary/aromatic N) is 5. The quantitative estimate of drug-likeness (QED) is 0.499. The van der Waals surface area contributed by atoms with Gasteiger partial charge in [0.05, 0.1) is 13.2 Å². The third-order valence-corrected chi connectivity index (χ3v) is 2.80. The molecule has 1 saturated heterocycles. The Hall–Kier alpha value is -1.71. The van der Waals surface area contributed by atoms with Crippen LogP contribution < -0.4 is 20.9 Å². The van der Waals surface area contributed by atoms with Crippen LogP contribution in [0.1, 0.15) is 0 Å². The van der Waals surface area contributed by atoms with Crippen molar-refractivity contribution in [2.45, 2.75) is 0 Å². The van der Waals surface area contributed by atoms with Gasteiger partial charge >= 0.3 is 6.01 Å².